The highest BCUT2D eigenvalue weighted by molar-refractivity contribution is 8.00. The van der Waals surface area contributed by atoms with Crippen LogP contribution >= 0.6 is 11.8 Å². The molecule has 1 atom stereocenters. The monoisotopic (exact) mass is 406 g/mol. The van der Waals surface area contributed by atoms with E-state index in [0.717, 1.165) is 22.5 Å². The summed E-state index contributed by atoms with van der Waals surface area (Å²) in [5.74, 6) is 1.20. The molecule has 1 fully saturated rings. The maximum atomic E-state index is 12.5. The zero-order valence-electron chi connectivity index (χ0n) is 16.1. The van der Waals surface area contributed by atoms with Gasteiger partial charge in [0.2, 0.25) is 5.91 Å². The molecule has 1 saturated heterocycles. The predicted molar refractivity (Wildman–Crippen MR) is 113 cm³/mol. The first kappa shape index (κ1) is 19.3. The van der Waals surface area contributed by atoms with Crippen LogP contribution in [0.4, 0.5) is 0 Å². The standard InChI is InChI=1S/C23H22N2O3S/c1-16-5-2-3-6-19(16)13-24-22(27)17-8-10-18(11-9-17)23-25(21(26)15-29-23)14-20-7-4-12-28-20/h2-12,23H,13-15H2,1H3,(H,24,27)/t23-/m1/s1. The normalized spacial score (nSPS) is 16.2. The molecule has 0 bridgehead atoms. The average molecular weight is 407 g/mol. The van der Waals surface area contributed by atoms with Crippen LogP contribution in [0.25, 0.3) is 0 Å². The lowest BCUT2D eigenvalue weighted by Crippen LogP contribution is -2.27. The van der Waals surface area contributed by atoms with E-state index in [1.54, 1.807) is 18.0 Å². The van der Waals surface area contributed by atoms with E-state index in [-0.39, 0.29) is 17.2 Å². The lowest BCUT2D eigenvalue weighted by atomic mass is 10.1. The van der Waals surface area contributed by atoms with Gasteiger partial charge in [0, 0.05) is 12.1 Å². The van der Waals surface area contributed by atoms with Gasteiger partial charge in [-0.2, -0.15) is 0 Å². The van der Waals surface area contributed by atoms with Gasteiger partial charge in [-0.1, -0.05) is 36.4 Å². The summed E-state index contributed by atoms with van der Waals surface area (Å²) in [7, 11) is 0. The Bertz CT molecular complexity index is 999. The minimum atomic E-state index is -0.109. The molecule has 6 heteroatoms. The van der Waals surface area contributed by atoms with Gasteiger partial charge in [-0.15, -0.1) is 11.8 Å². The van der Waals surface area contributed by atoms with Gasteiger partial charge < -0.3 is 14.6 Å². The van der Waals surface area contributed by atoms with Crippen molar-refractivity contribution >= 4 is 23.6 Å². The molecule has 2 aromatic carbocycles. The quantitative estimate of drug-likeness (QED) is 0.663. The topological polar surface area (TPSA) is 62.6 Å². The fourth-order valence-corrected chi connectivity index (χ4v) is 4.54. The molecule has 4 rings (SSSR count). The van der Waals surface area contributed by atoms with E-state index >= 15 is 0 Å². The van der Waals surface area contributed by atoms with Crippen LogP contribution in [0.15, 0.2) is 71.3 Å². The van der Waals surface area contributed by atoms with Crippen molar-refractivity contribution in [3.05, 3.63) is 94.9 Å². The summed E-state index contributed by atoms with van der Waals surface area (Å²) in [6, 6.07) is 19.2. The van der Waals surface area contributed by atoms with Crippen molar-refractivity contribution < 1.29 is 14.0 Å². The molecule has 148 valence electrons. The summed E-state index contributed by atoms with van der Waals surface area (Å²) in [5.41, 5.74) is 3.87. The highest BCUT2D eigenvalue weighted by Gasteiger charge is 2.33. The van der Waals surface area contributed by atoms with Crippen molar-refractivity contribution in [1.29, 1.82) is 0 Å². The molecule has 1 N–H and O–H groups in total. The number of thioether (sulfide) groups is 1. The van der Waals surface area contributed by atoms with Crippen LogP contribution in [0, 0.1) is 6.92 Å². The minimum absolute atomic E-state index is 0.0725. The molecule has 1 aliphatic rings. The summed E-state index contributed by atoms with van der Waals surface area (Å²) >= 11 is 1.59. The van der Waals surface area contributed by atoms with Gasteiger partial charge in [0.05, 0.1) is 18.6 Å². The SMILES string of the molecule is Cc1ccccc1CNC(=O)c1ccc([C@H]2SCC(=O)N2Cc2ccco2)cc1. The Labute approximate surface area is 174 Å². The third-order valence-electron chi connectivity index (χ3n) is 5.03. The number of furan rings is 1. The molecule has 5 nitrogen and oxygen atoms in total. The highest BCUT2D eigenvalue weighted by Crippen LogP contribution is 2.39. The largest absolute Gasteiger partial charge is 0.467 e. The highest BCUT2D eigenvalue weighted by atomic mass is 32.2. The third kappa shape index (κ3) is 4.38. The van der Waals surface area contributed by atoms with E-state index < -0.39 is 0 Å². The van der Waals surface area contributed by atoms with Gasteiger partial charge in [0.25, 0.3) is 5.91 Å². The Hall–Kier alpha value is -2.99. The summed E-state index contributed by atoms with van der Waals surface area (Å²) in [6.45, 7) is 2.98. The maximum Gasteiger partial charge on any atom is 0.251 e. The molecule has 0 spiro atoms. The number of amides is 2. The van der Waals surface area contributed by atoms with E-state index in [2.05, 4.69) is 5.32 Å². The molecule has 0 saturated carbocycles. The van der Waals surface area contributed by atoms with Crippen LogP contribution in [-0.4, -0.2) is 22.5 Å². The van der Waals surface area contributed by atoms with E-state index in [9.17, 15) is 9.59 Å². The van der Waals surface area contributed by atoms with E-state index in [1.807, 2.05) is 72.5 Å². The second-order valence-electron chi connectivity index (χ2n) is 7.00. The number of rotatable bonds is 6. The van der Waals surface area contributed by atoms with Gasteiger partial charge in [-0.05, 0) is 47.9 Å². The number of hydrogen-bond acceptors (Lipinski definition) is 4. The van der Waals surface area contributed by atoms with E-state index in [4.69, 9.17) is 4.42 Å². The number of nitrogens with zero attached hydrogens (tertiary/aromatic N) is 1. The van der Waals surface area contributed by atoms with Crippen LogP contribution < -0.4 is 5.32 Å². The van der Waals surface area contributed by atoms with Gasteiger partial charge in [-0.3, -0.25) is 9.59 Å². The van der Waals surface area contributed by atoms with Crippen LogP contribution in [0.5, 0.6) is 0 Å². The fourth-order valence-electron chi connectivity index (χ4n) is 3.36. The fraction of sp³-hybridized carbons (Fsp3) is 0.217. The van der Waals surface area contributed by atoms with Gasteiger partial charge in [0.15, 0.2) is 0 Å². The van der Waals surface area contributed by atoms with E-state index in [1.165, 1.54) is 0 Å². The first-order chi connectivity index (χ1) is 14.1. The van der Waals surface area contributed by atoms with Crippen LogP contribution in [0.1, 0.15) is 38.2 Å². The summed E-state index contributed by atoms with van der Waals surface area (Å²) in [6.07, 6.45) is 1.61. The van der Waals surface area contributed by atoms with Gasteiger partial charge >= 0.3 is 0 Å². The Kier molecular flexibility index (Phi) is 5.71. The molecule has 3 aromatic rings. The molecule has 0 aliphatic carbocycles. The number of nitrogens with one attached hydrogen (secondary N) is 1. The zero-order valence-corrected chi connectivity index (χ0v) is 16.9. The second kappa shape index (κ2) is 8.57. The third-order valence-corrected chi connectivity index (χ3v) is 6.29. The predicted octanol–water partition coefficient (Wildman–Crippen LogP) is 4.29. The van der Waals surface area contributed by atoms with E-state index in [0.29, 0.717) is 24.4 Å². The van der Waals surface area contributed by atoms with Crippen molar-refractivity contribution in [2.24, 2.45) is 0 Å². The zero-order chi connectivity index (χ0) is 20.2. The Morgan fingerprint density at radius 1 is 1.14 bits per heavy atom. The molecule has 0 unspecified atom stereocenters. The summed E-state index contributed by atoms with van der Waals surface area (Å²) in [4.78, 5) is 26.6. The molecule has 0 radical (unpaired) electrons. The van der Waals surface area contributed by atoms with Crippen molar-refractivity contribution in [2.75, 3.05) is 5.75 Å². The number of benzene rings is 2. The van der Waals surface area contributed by atoms with Crippen LogP contribution in [0.2, 0.25) is 0 Å². The maximum absolute atomic E-state index is 12.5. The lowest BCUT2D eigenvalue weighted by molar-refractivity contribution is -0.128. The number of hydrogen-bond donors (Lipinski definition) is 1. The van der Waals surface area contributed by atoms with Gasteiger partial charge in [0.1, 0.15) is 11.1 Å². The molecular formula is C23H22N2O3S. The molecular weight excluding hydrogens is 384 g/mol. The number of carbonyl (C=O) groups is 2. The average Bonchev–Trinajstić information content (AvgIpc) is 3.38. The molecule has 2 amide bonds. The molecule has 29 heavy (non-hydrogen) atoms. The smallest absolute Gasteiger partial charge is 0.251 e. The van der Waals surface area contributed by atoms with Gasteiger partial charge in [-0.25, -0.2) is 0 Å². The first-order valence-corrected chi connectivity index (χ1v) is 10.5. The van der Waals surface area contributed by atoms with Crippen molar-refractivity contribution in [1.82, 2.24) is 10.2 Å². The summed E-state index contributed by atoms with van der Waals surface area (Å²) < 4.78 is 5.39. The molecule has 1 aliphatic heterocycles. The van der Waals surface area contributed by atoms with Crippen molar-refractivity contribution in [2.45, 2.75) is 25.4 Å². The van der Waals surface area contributed by atoms with Crippen LogP contribution in [-0.2, 0) is 17.9 Å². The lowest BCUT2D eigenvalue weighted by Gasteiger charge is -2.23. The van der Waals surface area contributed by atoms with Crippen molar-refractivity contribution in [3.63, 3.8) is 0 Å². The molecule has 1 aromatic heterocycles. The molecule has 2 heterocycles. The summed E-state index contributed by atoms with van der Waals surface area (Å²) in [5, 5.41) is 2.90. The van der Waals surface area contributed by atoms with Crippen molar-refractivity contribution in [3.8, 4) is 0 Å². The second-order valence-corrected chi connectivity index (χ2v) is 8.06. The Balaban J connectivity index is 1.42. The first-order valence-electron chi connectivity index (χ1n) is 9.48. The Morgan fingerprint density at radius 3 is 2.66 bits per heavy atom. The number of aryl methyl sites for hydroxylation is 1. The Morgan fingerprint density at radius 2 is 1.93 bits per heavy atom. The number of carbonyl (C=O) groups excluding carboxylic acids is 2. The minimum Gasteiger partial charge on any atom is -0.467 e. The van der Waals surface area contributed by atoms with Crippen LogP contribution in [0.3, 0.4) is 0 Å².